The Labute approximate surface area is 200 Å². The van der Waals surface area contributed by atoms with E-state index in [2.05, 4.69) is 50.5 Å². The molecule has 1 amide bonds. The second-order valence-electron chi connectivity index (χ2n) is 7.57. The molecule has 0 aliphatic rings. The van der Waals surface area contributed by atoms with Gasteiger partial charge in [0.25, 0.3) is 0 Å². The maximum absolute atomic E-state index is 12.8. The summed E-state index contributed by atoms with van der Waals surface area (Å²) in [6.45, 7) is 6.08. The van der Waals surface area contributed by atoms with Gasteiger partial charge in [0.2, 0.25) is 5.91 Å². The molecular weight excluding hydrogens is 484 g/mol. The molecule has 1 aromatic heterocycles. The van der Waals surface area contributed by atoms with E-state index in [1.54, 1.807) is 0 Å². The number of benzene rings is 3. The van der Waals surface area contributed by atoms with Gasteiger partial charge in [-0.05, 0) is 50.1 Å². The minimum Gasteiger partial charge on any atom is -0.325 e. The molecule has 3 aromatic carbocycles. The van der Waals surface area contributed by atoms with Crippen LogP contribution in [-0.4, -0.2) is 26.4 Å². The first-order valence-corrected chi connectivity index (χ1v) is 12.0. The highest BCUT2D eigenvalue weighted by Crippen LogP contribution is 2.32. The van der Waals surface area contributed by atoms with E-state index < -0.39 is 0 Å². The van der Waals surface area contributed by atoms with Gasteiger partial charge in [-0.15, -0.1) is 10.2 Å². The van der Waals surface area contributed by atoms with Crippen LogP contribution in [0.2, 0.25) is 0 Å². The number of hydrogen-bond acceptors (Lipinski definition) is 4. The smallest absolute Gasteiger partial charge is 0.234 e. The fourth-order valence-electron chi connectivity index (χ4n) is 3.67. The van der Waals surface area contributed by atoms with E-state index in [1.807, 2.05) is 73.0 Å². The first kappa shape index (κ1) is 22.3. The Kier molecular flexibility index (Phi) is 6.77. The third kappa shape index (κ3) is 4.79. The lowest BCUT2D eigenvalue weighted by Gasteiger charge is -2.13. The minimum atomic E-state index is -0.0740. The van der Waals surface area contributed by atoms with E-state index in [1.165, 1.54) is 17.3 Å². The van der Waals surface area contributed by atoms with E-state index in [0.29, 0.717) is 5.16 Å². The molecule has 0 fully saturated rings. The van der Waals surface area contributed by atoms with Gasteiger partial charge in [-0.1, -0.05) is 81.8 Å². The lowest BCUT2D eigenvalue weighted by atomic mass is 10.1. The third-order valence-electron chi connectivity index (χ3n) is 5.04. The molecule has 32 heavy (non-hydrogen) atoms. The van der Waals surface area contributed by atoms with Crippen molar-refractivity contribution in [3.63, 3.8) is 0 Å². The number of carbonyl (C=O) groups excluding carboxylic acids is 1. The number of thioether (sulfide) groups is 1. The Morgan fingerprint density at radius 2 is 1.62 bits per heavy atom. The topological polar surface area (TPSA) is 59.8 Å². The number of aryl methyl sites for hydroxylation is 3. The highest BCUT2D eigenvalue weighted by atomic mass is 79.9. The highest BCUT2D eigenvalue weighted by molar-refractivity contribution is 9.10. The Morgan fingerprint density at radius 1 is 0.969 bits per heavy atom. The third-order valence-corrected chi connectivity index (χ3v) is 6.66. The molecule has 0 spiro atoms. The molecule has 0 saturated heterocycles. The van der Waals surface area contributed by atoms with E-state index >= 15 is 0 Å². The lowest BCUT2D eigenvalue weighted by Crippen LogP contribution is -2.16. The molecule has 4 rings (SSSR count). The van der Waals surface area contributed by atoms with E-state index in [9.17, 15) is 4.79 Å². The second kappa shape index (κ2) is 9.71. The number of hydrogen-bond donors (Lipinski definition) is 1. The normalized spacial score (nSPS) is 10.9. The first-order valence-electron chi connectivity index (χ1n) is 10.2. The molecule has 1 N–H and O–H groups in total. The average Bonchev–Trinajstić information content (AvgIpc) is 3.19. The average molecular weight is 507 g/mol. The van der Waals surface area contributed by atoms with Crippen molar-refractivity contribution in [1.29, 1.82) is 0 Å². The summed E-state index contributed by atoms with van der Waals surface area (Å²) in [7, 11) is 0. The van der Waals surface area contributed by atoms with Crippen molar-refractivity contribution in [2.75, 3.05) is 11.1 Å². The van der Waals surface area contributed by atoms with Crippen molar-refractivity contribution < 1.29 is 4.79 Å². The van der Waals surface area contributed by atoms with Crippen LogP contribution in [0.15, 0.2) is 76.4 Å². The molecule has 0 aliphatic carbocycles. The van der Waals surface area contributed by atoms with Crippen LogP contribution in [0.1, 0.15) is 16.7 Å². The summed E-state index contributed by atoms with van der Waals surface area (Å²) in [5.41, 5.74) is 6.05. The number of aromatic nitrogens is 3. The van der Waals surface area contributed by atoms with Crippen LogP contribution in [0.5, 0.6) is 0 Å². The zero-order chi connectivity index (χ0) is 22.7. The number of halogens is 1. The van der Waals surface area contributed by atoms with Gasteiger partial charge < -0.3 is 5.32 Å². The monoisotopic (exact) mass is 506 g/mol. The largest absolute Gasteiger partial charge is 0.325 e. The Hall–Kier alpha value is -2.90. The molecule has 162 valence electrons. The van der Waals surface area contributed by atoms with Crippen LogP contribution in [0.3, 0.4) is 0 Å². The van der Waals surface area contributed by atoms with Crippen molar-refractivity contribution in [2.24, 2.45) is 0 Å². The zero-order valence-corrected chi connectivity index (χ0v) is 20.5. The van der Waals surface area contributed by atoms with Gasteiger partial charge in [-0.25, -0.2) is 0 Å². The minimum absolute atomic E-state index is 0.0740. The van der Waals surface area contributed by atoms with Gasteiger partial charge in [0.05, 0.1) is 5.75 Å². The number of rotatable bonds is 6. The van der Waals surface area contributed by atoms with Gasteiger partial charge in [0.15, 0.2) is 11.0 Å². The Morgan fingerprint density at radius 3 is 2.31 bits per heavy atom. The summed E-state index contributed by atoms with van der Waals surface area (Å²) in [5, 5.41) is 12.6. The van der Waals surface area contributed by atoms with Crippen molar-refractivity contribution in [3.05, 3.63) is 87.9 Å². The lowest BCUT2D eigenvalue weighted by molar-refractivity contribution is -0.113. The number of nitrogens with one attached hydrogen (secondary N) is 1. The molecular formula is C25H23BrN4OS. The number of carbonyl (C=O) groups is 1. The zero-order valence-electron chi connectivity index (χ0n) is 18.1. The predicted molar refractivity (Wildman–Crippen MR) is 135 cm³/mol. The number of anilines is 1. The van der Waals surface area contributed by atoms with Gasteiger partial charge >= 0.3 is 0 Å². The number of para-hydroxylation sites is 1. The van der Waals surface area contributed by atoms with Crippen LogP contribution in [0, 0.1) is 20.8 Å². The van der Waals surface area contributed by atoms with Crippen molar-refractivity contribution in [1.82, 2.24) is 14.8 Å². The van der Waals surface area contributed by atoms with E-state index in [4.69, 9.17) is 0 Å². The van der Waals surface area contributed by atoms with Crippen LogP contribution < -0.4 is 5.32 Å². The number of amides is 1. The Bertz CT molecular complexity index is 1250. The number of nitrogens with zero attached hydrogens (tertiary/aromatic N) is 3. The van der Waals surface area contributed by atoms with Gasteiger partial charge in [-0.3, -0.25) is 9.36 Å². The molecule has 0 aliphatic heterocycles. The van der Waals surface area contributed by atoms with Crippen molar-refractivity contribution in [3.8, 4) is 17.1 Å². The fourth-order valence-corrected chi connectivity index (χ4v) is 4.89. The summed E-state index contributed by atoms with van der Waals surface area (Å²) in [5.74, 6) is 0.875. The summed E-state index contributed by atoms with van der Waals surface area (Å²) >= 11 is 4.98. The van der Waals surface area contributed by atoms with E-state index in [-0.39, 0.29) is 11.7 Å². The van der Waals surface area contributed by atoms with Gasteiger partial charge in [0, 0.05) is 21.4 Å². The fraction of sp³-hybridized carbons (Fsp3) is 0.160. The molecule has 0 radical (unpaired) electrons. The maximum Gasteiger partial charge on any atom is 0.234 e. The first-order chi connectivity index (χ1) is 15.4. The van der Waals surface area contributed by atoms with Crippen LogP contribution in [0.25, 0.3) is 17.1 Å². The maximum atomic E-state index is 12.8. The van der Waals surface area contributed by atoms with E-state index in [0.717, 1.165) is 38.4 Å². The molecule has 1 heterocycles. The molecule has 0 unspecified atom stereocenters. The molecule has 4 aromatic rings. The Balaban J connectivity index is 1.61. The predicted octanol–water partition coefficient (Wildman–Crippen LogP) is 6.35. The van der Waals surface area contributed by atoms with Crippen molar-refractivity contribution in [2.45, 2.75) is 25.9 Å². The second-order valence-corrected chi connectivity index (χ2v) is 9.36. The summed E-state index contributed by atoms with van der Waals surface area (Å²) in [4.78, 5) is 12.8. The summed E-state index contributed by atoms with van der Waals surface area (Å²) in [6, 6.07) is 22.0. The highest BCUT2D eigenvalue weighted by Gasteiger charge is 2.19. The molecule has 0 saturated carbocycles. The molecule has 0 bridgehead atoms. The van der Waals surface area contributed by atoms with Gasteiger partial charge in [-0.2, -0.15) is 0 Å². The van der Waals surface area contributed by atoms with Gasteiger partial charge in [0.1, 0.15) is 0 Å². The summed E-state index contributed by atoms with van der Waals surface area (Å²) < 4.78 is 2.92. The summed E-state index contributed by atoms with van der Waals surface area (Å²) in [6.07, 6.45) is 0. The molecule has 0 atom stereocenters. The standard InChI is InChI=1S/C25H23BrN4OS/c1-16-13-17(2)23(18(3)14-16)27-22(31)15-32-25-29-28-24(20-11-7-8-12-21(20)26)30(25)19-9-5-4-6-10-19/h4-14H,15H2,1-3H3,(H,27,31). The quantitative estimate of drug-likeness (QED) is 0.309. The van der Waals surface area contributed by atoms with Crippen LogP contribution in [0.4, 0.5) is 5.69 Å². The SMILES string of the molecule is Cc1cc(C)c(NC(=O)CSc2nnc(-c3ccccc3Br)n2-c2ccccc2)c(C)c1. The van der Waals surface area contributed by atoms with Crippen molar-refractivity contribution >= 4 is 39.3 Å². The van der Waals surface area contributed by atoms with Crippen LogP contribution in [-0.2, 0) is 4.79 Å². The van der Waals surface area contributed by atoms with Crippen LogP contribution >= 0.6 is 27.7 Å². The molecule has 7 heteroatoms. The molecule has 5 nitrogen and oxygen atoms in total.